The second-order valence-corrected chi connectivity index (χ2v) is 15.0. The summed E-state index contributed by atoms with van der Waals surface area (Å²) in [5.74, 6) is 0. The molecular formula is C43H62N6O2+2. The lowest BCUT2D eigenvalue weighted by atomic mass is 10.0. The van der Waals surface area contributed by atoms with Crippen LogP contribution in [0.25, 0.3) is 0 Å². The molecule has 3 aromatic rings. The van der Waals surface area contributed by atoms with Crippen molar-refractivity contribution < 1.29 is 8.97 Å². The maximum Gasteiger partial charge on any atom is 0.331 e. The summed E-state index contributed by atoms with van der Waals surface area (Å²) in [7, 11) is 0. The molecule has 0 aliphatic carbocycles. The van der Waals surface area contributed by atoms with E-state index >= 15 is 0 Å². The standard InChI is InChI=1S/C43H62N6O2/c1-4-48(35-40-24-14-12-22-38(40)33-44)28-18-8-6-7-9-19-29-49(5-2,36-41-25-15-13-23-39(41)34-45)31-21-11-17-27-47-42(50)32-37(3)46(43(47)51)26-16-10-20-30-48/h12-15,22-25,32H,4-11,16-21,26-31,35-36H2,1-3H3/q+2. The lowest BCUT2D eigenvalue weighted by Crippen LogP contribution is -2.48. The maximum absolute atomic E-state index is 13.6. The monoisotopic (exact) mass is 694 g/mol. The van der Waals surface area contributed by atoms with Gasteiger partial charge in [0.1, 0.15) is 13.1 Å². The Hall–Kier alpha value is -3.98. The van der Waals surface area contributed by atoms with E-state index in [2.05, 4.69) is 44.2 Å². The predicted molar refractivity (Wildman–Crippen MR) is 206 cm³/mol. The zero-order chi connectivity index (χ0) is 36.5. The van der Waals surface area contributed by atoms with Crippen molar-refractivity contribution in [3.63, 3.8) is 0 Å². The molecule has 1 aromatic heterocycles. The topological polar surface area (TPSA) is 91.6 Å². The van der Waals surface area contributed by atoms with E-state index in [4.69, 9.17) is 0 Å². The van der Waals surface area contributed by atoms with E-state index in [9.17, 15) is 20.1 Å². The molecule has 4 rings (SSSR count). The van der Waals surface area contributed by atoms with Gasteiger partial charge in [-0.1, -0.05) is 49.2 Å². The third-order valence-electron chi connectivity index (χ3n) is 11.7. The van der Waals surface area contributed by atoms with Gasteiger partial charge in [0.25, 0.3) is 5.56 Å². The Kier molecular flexibility index (Phi) is 15.7. The van der Waals surface area contributed by atoms with Crippen LogP contribution in [0, 0.1) is 29.6 Å². The molecule has 0 N–H and O–H groups in total. The van der Waals surface area contributed by atoms with Gasteiger partial charge in [-0.15, -0.1) is 0 Å². The molecule has 8 nitrogen and oxygen atoms in total. The van der Waals surface area contributed by atoms with Gasteiger partial charge in [0, 0.05) is 36.0 Å². The number of nitrogens with zero attached hydrogens (tertiary/aromatic N) is 6. The van der Waals surface area contributed by atoms with Crippen molar-refractivity contribution in [3.8, 4) is 12.1 Å². The normalized spacial score (nSPS) is 22.0. The Morgan fingerprint density at radius 2 is 0.980 bits per heavy atom. The summed E-state index contributed by atoms with van der Waals surface area (Å²) in [6.45, 7) is 15.5. The third-order valence-corrected chi connectivity index (χ3v) is 11.7. The number of nitriles is 2. The Labute approximate surface area is 306 Å². The largest absolute Gasteiger partial charge is 0.331 e. The fraction of sp³-hybridized carbons (Fsp3) is 0.581. The number of quaternary nitrogens is 2. The van der Waals surface area contributed by atoms with E-state index in [1.807, 2.05) is 37.3 Å². The Bertz CT molecular complexity index is 1750. The number of rotatable bonds is 6. The summed E-state index contributed by atoms with van der Waals surface area (Å²) in [5.41, 5.74) is 4.16. The first-order valence-corrected chi connectivity index (χ1v) is 19.8. The zero-order valence-electron chi connectivity index (χ0n) is 31.8. The number of hydrogen-bond acceptors (Lipinski definition) is 4. The molecule has 0 spiro atoms. The number of aromatic nitrogens is 2. The molecule has 0 saturated carbocycles. The average Bonchev–Trinajstić information content (AvgIpc) is 3.14. The number of hydrogen-bond donors (Lipinski definition) is 0. The highest BCUT2D eigenvalue weighted by Gasteiger charge is 2.28. The van der Waals surface area contributed by atoms with Crippen LogP contribution in [0.3, 0.4) is 0 Å². The van der Waals surface area contributed by atoms with Gasteiger partial charge in [0.2, 0.25) is 0 Å². The second-order valence-electron chi connectivity index (χ2n) is 15.0. The van der Waals surface area contributed by atoms with E-state index in [-0.39, 0.29) is 11.2 Å². The van der Waals surface area contributed by atoms with Crippen molar-refractivity contribution in [3.05, 3.63) is 103 Å². The molecule has 2 atom stereocenters. The predicted octanol–water partition coefficient (Wildman–Crippen LogP) is 7.83. The first-order valence-electron chi connectivity index (χ1n) is 19.8. The minimum Gasteiger partial charge on any atom is -0.320 e. The molecule has 2 heterocycles. The minimum absolute atomic E-state index is 0.183. The smallest absolute Gasteiger partial charge is 0.320 e. The van der Waals surface area contributed by atoms with Crippen LogP contribution in [-0.2, 0) is 26.2 Å². The van der Waals surface area contributed by atoms with Crippen molar-refractivity contribution in [2.75, 3.05) is 39.3 Å². The molecule has 1 aliphatic heterocycles. The molecule has 8 heteroatoms. The van der Waals surface area contributed by atoms with Gasteiger partial charge in [-0.05, 0) is 97.1 Å². The molecule has 0 fully saturated rings. The van der Waals surface area contributed by atoms with Gasteiger partial charge in [-0.25, -0.2) is 4.79 Å². The quantitative estimate of drug-likeness (QED) is 0.246. The van der Waals surface area contributed by atoms with Crippen LogP contribution in [0.15, 0.2) is 64.2 Å². The fourth-order valence-corrected chi connectivity index (χ4v) is 8.25. The van der Waals surface area contributed by atoms with Gasteiger partial charge >= 0.3 is 5.69 Å². The molecule has 0 amide bonds. The van der Waals surface area contributed by atoms with E-state index < -0.39 is 0 Å². The summed E-state index contributed by atoms with van der Waals surface area (Å²) in [4.78, 5) is 26.6. The van der Waals surface area contributed by atoms with Crippen LogP contribution in [0.1, 0.15) is 119 Å². The van der Waals surface area contributed by atoms with Gasteiger partial charge in [0.05, 0.1) is 62.5 Å². The van der Waals surface area contributed by atoms with Crippen molar-refractivity contribution in [2.24, 2.45) is 0 Å². The molecule has 0 saturated heterocycles. The van der Waals surface area contributed by atoms with Crippen LogP contribution in [-0.4, -0.2) is 57.4 Å². The summed E-state index contributed by atoms with van der Waals surface area (Å²) < 4.78 is 5.17. The minimum atomic E-state index is -0.200. The molecular weight excluding hydrogens is 633 g/mol. The Morgan fingerprint density at radius 3 is 1.41 bits per heavy atom. The van der Waals surface area contributed by atoms with Crippen molar-refractivity contribution in [2.45, 2.75) is 124 Å². The van der Waals surface area contributed by atoms with Gasteiger partial charge in [0.15, 0.2) is 0 Å². The number of aryl methyl sites for hydroxylation is 1. The van der Waals surface area contributed by atoms with E-state index in [0.29, 0.717) is 13.1 Å². The van der Waals surface area contributed by atoms with Crippen molar-refractivity contribution in [1.82, 2.24) is 9.13 Å². The molecule has 274 valence electrons. The molecule has 1 aliphatic rings. The molecule has 0 radical (unpaired) electrons. The third kappa shape index (κ3) is 11.3. The number of fused-ring (bicyclic) bond motifs is 2. The highest BCUT2D eigenvalue weighted by Crippen LogP contribution is 2.24. The molecule has 2 aromatic carbocycles. The van der Waals surface area contributed by atoms with Gasteiger partial charge in [-0.3, -0.25) is 13.9 Å². The van der Waals surface area contributed by atoms with Crippen LogP contribution in [0.4, 0.5) is 0 Å². The zero-order valence-corrected chi connectivity index (χ0v) is 31.8. The van der Waals surface area contributed by atoms with Crippen LogP contribution < -0.4 is 11.2 Å². The number of benzene rings is 2. The summed E-state index contributed by atoms with van der Waals surface area (Å²) in [5, 5.41) is 19.7. The van der Waals surface area contributed by atoms with Gasteiger partial charge < -0.3 is 8.97 Å². The Morgan fingerprint density at radius 1 is 0.588 bits per heavy atom. The van der Waals surface area contributed by atoms with Crippen molar-refractivity contribution >= 4 is 0 Å². The fourth-order valence-electron chi connectivity index (χ4n) is 8.25. The lowest BCUT2D eigenvalue weighted by Gasteiger charge is -2.39. The average molecular weight is 695 g/mol. The highest BCUT2D eigenvalue weighted by molar-refractivity contribution is 5.37. The van der Waals surface area contributed by atoms with E-state index in [1.54, 1.807) is 10.6 Å². The molecule has 2 bridgehead atoms. The second kappa shape index (κ2) is 20.2. The first kappa shape index (κ1) is 39.8. The molecule has 51 heavy (non-hydrogen) atoms. The van der Waals surface area contributed by atoms with Gasteiger partial charge in [-0.2, -0.15) is 10.5 Å². The van der Waals surface area contributed by atoms with Crippen LogP contribution in [0.2, 0.25) is 0 Å². The van der Waals surface area contributed by atoms with Crippen LogP contribution >= 0.6 is 0 Å². The summed E-state index contributed by atoms with van der Waals surface area (Å²) >= 11 is 0. The van der Waals surface area contributed by atoms with Crippen molar-refractivity contribution in [1.29, 1.82) is 10.5 Å². The lowest BCUT2D eigenvalue weighted by molar-refractivity contribution is -0.939. The maximum atomic E-state index is 13.6. The van der Waals surface area contributed by atoms with Crippen LogP contribution in [0.5, 0.6) is 0 Å². The van der Waals surface area contributed by atoms with E-state index in [1.165, 1.54) is 43.1 Å². The summed E-state index contributed by atoms with van der Waals surface area (Å²) in [6, 6.07) is 22.6. The molecule has 2 unspecified atom stereocenters. The Balaban J connectivity index is 1.54. The van der Waals surface area contributed by atoms with E-state index in [0.717, 1.165) is 128 Å². The first-order chi connectivity index (χ1) is 24.8. The SMILES string of the molecule is CC[N+]1(Cc2ccccc2C#N)CCCCCCCC[N+](CC)(Cc2ccccc2C#N)CCCCCn2c(=O)cc(C)n(c2=O)CCCCC1. The highest BCUT2D eigenvalue weighted by atomic mass is 16.2. The summed E-state index contributed by atoms with van der Waals surface area (Å²) in [6.07, 6.45) is 13.0.